The number of hydrogen-bond acceptors (Lipinski definition) is 3. The monoisotopic (exact) mass is 438 g/mol. The first-order valence-electron chi connectivity index (χ1n) is 9.13. The molecule has 142 valence electrons. The molecule has 2 amide bonds. The fraction of sp³-hybridized carbons (Fsp3) is 0.190. The quantitative estimate of drug-likeness (QED) is 0.636. The minimum atomic E-state index is -0.305. The van der Waals surface area contributed by atoms with E-state index >= 15 is 0 Å². The molecule has 2 N–H and O–H groups in total. The van der Waals surface area contributed by atoms with Crippen molar-refractivity contribution in [3.8, 4) is 11.3 Å². The highest BCUT2D eigenvalue weighted by Crippen LogP contribution is 2.29. The van der Waals surface area contributed by atoms with Crippen LogP contribution in [0, 0.1) is 0 Å². The fourth-order valence-corrected chi connectivity index (χ4v) is 3.84. The van der Waals surface area contributed by atoms with Crippen LogP contribution in [-0.4, -0.2) is 40.0 Å². The Kier molecular flexibility index (Phi) is 5.25. The number of nitrogens with zero attached hydrogens (tertiary/aromatic N) is 2. The van der Waals surface area contributed by atoms with Crippen molar-refractivity contribution in [2.24, 2.45) is 0 Å². The molecule has 7 heteroatoms. The minimum Gasteiger partial charge on any atom is -0.339 e. The number of likely N-dealkylation sites (tertiary alicyclic amines) is 1. The smallest absolute Gasteiger partial charge is 0.274 e. The first kappa shape index (κ1) is 18.4. The molecule has 0 saturated carbocycles. The van der Waals surface area contributed by atoms with Crippen molar-refractivity contribution in [1.82, 2.24) is 15.1 Å². The molecular weight excluding hydrogens is 420 g/mol. The van der Waals surface area contributed by atoms with E-state index in [9.17, 15) is 9.59 Å². The average molecular weight is 439 g/mol. The van der Waals surface area contributed by atoms with E-state index in [0.29, 0.717) is 27.1 Å². The first-order valence-corrected chi connectivity index (χ1v) is 9.93. The van der Waals surface area contributed by atoms with Crippen molar-refractivity contribution in [2.45, 2.75) is 12.8 Å². The number of nitrogens with one attached hydrogen (secondary N) is 2. The van der Waals surface area contributed by atoms with Crippen LogP contribution in [0.25, 0.3) is 11.3 Å². The zero-order chi connectivity index (χ0) is 19.5. The minimum absolute atomic E-state index is 0.0409. The molecule has 1 saturated heterocycles. The maximum Gasteiger partial charge on any atom is 0.274 e. The van der Waals surface area contributed by atoms with Crippen LogP contribution in [0.2, 0.25) is 0 Å². The normalized spacial score (nSPS) is 13.5. The van der Waals surface area contributed by atoms with Crippen LogP contribution in [-0.2, 0) is 0 Å². The summed E-state index contributed by atoms with van der Waals surface area (Å²) in [7, 11) is 0. The van der Waals surface area contributed by atoms with Gasteiger partial charge < -0.3 is 10.2 Å². The van der Waals surface area contributed by atoms with Gasteiger partial charge in [0.25, 0.3) is 11.8 Å². The SMILES string of the molecule is O=C(Nc1ccc(C(=O)N2CCCC2)cc1)c1[nH]nc(-c2ccccc2)c1Br. The summed E-state index contributed by atoms with van der Waals surface area (Å²) in [6.07, 6.45) is 2.12. The van der Waals surface area contributed by atoms with Gasteiger partial charge in [0.15, 0.2) is 0 Å². The van der Waals surface area contributed by atoms with Crippen molar-refractivity contribution in [1.29, 1.82) is 0 Å². The molecule has 0 atom stereocenters. The van der Waals surface area contributed by atoms with Gasteiger partial charge in [0.1, 0.15) is 11.4 Å². The van der Waals surface area contributed by atoms with E-state index < -0.39 is 0 Å². The Balaban J connectivity index is 1.47. The number of halogens is 1. The third-order valence-electron chi connectivity index (χ3n) is 4.76. The van der Waals surface area contributed by atoms with Crippen molar-refractivity contribution in [3.63, 3.8) is 0 Å². The Morgan fingerprint density at radius 2 is 1.68 bits per heavy atom. The standard InChI is InChI=1S/C21H19BrN4O2/c22-17-18(14-6-2-1-3-7-14)24-25-19(17)20(27)23-16-10-8-15(9-11-16)21(28)26-12-4-5-13-26/h1-3,6-11H,4-5,12-13H2,(H,23,27)(H,24,25). The van der Waals surface area contributed by atoms with Crippen LogP contribution in [0.3, 0.4) is 0 Å². The van der Waals surface area contributed by atoms with E-state index in [0.717, 1.165) is 31.5 Å². The predicted molar refractivity (Wildman–Crippen MR) is 111 cm³/mol. The molecule has 28 heavy (non-hydrogen) atoms. The largest absolute Gasteiger partial charge is 0.339 e. The zero-order valence-electron chi connectivity index (χ0n) is 15.1. The van der Waals surface area contributed by atoms with Crippen LogP contribution in [0.15, 0.2) is 59.1 Å². The molecule has 0 bridgehead atoms. The third-order valence-corrected chi connectivity index (χ3v) is 5.54. The molecule has 1 aliphatic heterocycles. The van der Waals surface area contributed by atoms with E-state index in [2.05, 4.69) is 31.4 Å². The summed E-state index contributed by atoms with van der Waals surface area (Å²) in [6, 6.07) is 16.6. The van der Waals surface area contributed by atoms with Crippen molar-refractivity contribution in [3.05, 3.63) is 70.3 Å². The van der Waals surface area contributed by atoms with Crippen LogP contribution < -0.4 is 5.32 Å². The van der Waals surface area contributed by atoms with Crippen LogP contribution >= 0.6 is 15.9 Å². The molecule has 6 nitrogen and oxygen atoms in total. The first-order chi connectivity index (χ1) is 13.6. The van der Waals surface area contributed by atoms with Crippen LogP contribution in [0.1, 0.15) is 33.7 Å². The van der Waals surface area contributed by atoms with E-state index in [1.54, 1.807) is 24.3 Å². The van der Waals surface area contributed by atoms with Gasteiger partial charge in [-0.05, 0) is 53.0 Å². The lowest BCUT2D eigenvalue weighted by molar-refractivity contribution is 0.0792. The summed E-state index contributed by atoms with van der Waals surface area (Å²) in [5, 5.41) is 9.87. The molecule has 2 heterocycles. The summed E-state index contributed by atoms with van der Waals surface area (Å²) in [4.78, 5) is 26.9. The number of carbonyl (C=O) groups excluding carboxylic acids is 2. The highest BCUT2D eigenvalue weighted by Gasteiger charge is 2.20. The Morgan fingerprint density at radius 1 is 1.00 bits per heavy atom. The highest BCUT2D eigenvalue weighted by atomic mass is 79.9. The topological polar surface area (TPSA) is 78.1 Å². The van der Waals surface area contributed by atoms with Gasteiger partial charge >= 0.3 is 0 Å². The van der Waals surface area contributed by atoms with Crippen molar-refractivity contribution < 1.29 is 9.59 Å². The number of hydrogen-bond donors (Lipinski definition) is 2. The maximum atomic E-state index is 12.6. The van der Waals surface area contributed by atoms with Gasteiger partial charge in [-0.25, -0.2) is 0 Å². The van der Waals surface area contributed by atoms with Gasteiger partial charge in [-0.3, -0.25) is 14.7 Å². The number of rotatable bonds is 4. The van der Waals surface area contributed by atoms with Gasteiger partial charge in [0.2, 0.25) is 0 Å². The lowest BCUT2D eigenvalue weighted by Crippen LogP contribution is -2.27. The summed E-state index contributed by atoms with van der Waals surface area (Å²) in [5.74, 6) is -0.264. The number of carbonyl (C=O) groups is 2. The number of benzene rings is 2. The summed E-state index contributed by atoms with van der Waals surface area (Å²) in [5.41, 5.74) is 3.18. The molecular formula is C21H19BrN4O2. The van der Waals surface area contributed by atoms with Crippen molar-refractivity contribution in [2.75, 3.05) is 18.4 Å². The Hall–Kier alpha value is -2.93. The van der Waals surface area contributed by atoms with Gasteiger partial charge in [0.05, 0.1) is 4.47 Å². The van der Waals surface area contributed by atoms with Gasteiger partial charge in [0, 0.05) is 29.9 Å². The van der Waals surface area contributed by atoms with E-state index in [1.165, 1.54) is 0 Å². The molecule has 0 aliphatic carbocycles. The second kappa shape index (κ2) is 7.98. The summed E-state index contributed by atoms with van der Waals surface area (Å²) in [6.45, 7) is 1.63. The Morgan fingerprint density at radius 3 is 2.36 bits per heavy atom. The van der Waals surface area contributed by atoms with Crippen molar-refractivity contribution >= 4 is 33.4 Å². The van der Waals surface area contributed by atoms with Crippen LogP contribution in [0.4, 0.5) is 5.69 Å². The van der Waals surface area contributed by atoms with Gasteiger partial charge in [-0.15, -0.1) is 0 Å². The number of H-pyrrole nitrogens is 1. The number of aromatic amines is 1. The predicted octanol–water partition coefficient (Wildman–Crippen LogP) is 4.33. The maximum absolute atomic E-state index is 12.6. The van der Waals surface area contributed by atoms with E-state index in [1.807, 2.05) is 35.2 Å². The number of aromatic nitrogens is 2. The molecule has 1 aromatic heterocycles. The molecule has 1 aliphatic rings. The van der Waals surface area contributed by atoms with E-state index in [-0.39, 0.29) is 11.8 Å². The zero-order valence-corrected chi connectivity index (χ0v) is 16.7. The molecule has 1 fully saturated rings. The second-order valence-corrected chi connectivity index (χ2v) is 7.45. The summed E-state index contributed by atoms with van der Waals surface area (Å²) >= 11 is 3.47. The molecule has 0 unspecified atom stereocenters. The highest BCUT2D eigenvalue weighted by molar-refractivity contribution is 9.10. The van der Waals surface area contributed by atoms with E-state index in [4.69, 9.17) is 0 Å². The molecule has 0 spiro atoms. The Bertz CT molecular complexity index is 993. The van der Waals surface area contributed by atoms with Gasteiger partial charge in [-0.1, -0.05) is 30.3 Å². The number of anilines is 1. The Labute approximate surface area is 171 Å². The lowest BCUT2D eigenvalue weighted by Gasteiger charge is -2.15. The summed E-state index contributed by atoms with van der Waals surface area (Å²) < 4.78 is 0.608. The third kappa shape index (κ3) is 3.71. The molecule has 3 aromatic rings. The average Bonchev–Trinajstić information content (AvgIpc) is 3.39. The number of amides is 2. The van der Waals surface area contributed by atoms with Crippen LogP contribution in [0.5, 0.6) is 0 Å². The molecule has 0 radical (unpaired) electrons. The fourth-order valence-electron chi connectivity index (χ4n) is 3.26. The molecule has 4 rings (SSSR count). The van der Waals surface area contributed by atoms with Gasteiger partial charge in [-0.2, -0.15) is 5.10 Å². The lowest BCUT2D eigenvalue weighted by atomic mass is 10.1. The molecule has 2 aromatic carbocycles. The second-order valence-electron chi connectivity index (χ2n) is 6.66.